The smallest absolute Gasteiger partial charge is 0.259 e. The molecule has 5 nitrogen and oxygen atoms in total. The van der Waals surface area contributed by atoms with Crippen molar-refractivity contribution >= 4 is 44.9 Å². The van der Waals surface area contributed by atoms with Crippen LogP contribution in [0.1, 0.15) is 15.9 Å². The van der Waals surface area contributed by atoms with Crippen molar-refractivity contribution < 1.29 is 4.79 Å². The third-order valence-electron chi connectivity index (χ3n) is 2.75. The Morgan fingerprint density at radius 2 is 2.20 bits per heavy atom. The Morgan fingerprint density at radius 3 is 2.90 bits per heavy atom. The van der Waals surface area contributed by atoms with E-state index in [0.29, 0.717) is 26.6 Å². The molecule has 0 saturated carbocycles. The van der Waals surface area contributed by atoms with Crippen molar-refractivity contribution in [3.63, 3.8) is 0 Å². The van der Waals surface area contributed by atoms with Gasteiger partial charge in [0, 0.05) is 21.4 Å². The second kappa shape index (κ2) is 6.21. The molecule has 7 heteroatoms. The molecule has 0 aliphatic carbocycles. The van der Waals surface area contributed by atoms with E-state index in [1.807, 2.05) is 6.92 Å². The monoisotopic (exact) mass is 354 g/mol. The van der Waals surface area contributed by atoms with E-state index in [1.165, 1.54) is 0 Å². The molecular weight excluding hydrogens is 344 g/mol. The zero-order valence-corrected chi connectivity index (χ0v) is 12.9. The third-order valence-corrected chi connectivity index (χ3v) is 3.59. The number of halogens is 2. The molecule has 0 atom stereocenters. The lowest BCUT2D eigenvalue weighted by Gasteiger charge is -2.11. The number of hydrogen-bond acceptors (Lipinski definition) is 4. The molecular formula is C13H12BrClN4O. The van der Waals surface area contributed by atoms with Crippen LogP contribution in [-0.2, 0) is 0 Å². The van der Waals surface area contributed by atoms with Crippen molar-refractivity contribution in [2.75, 3.05) is 10.7 Å². The van der Waals surface area contributed by atoms with Gasteiger partial charge in [0.15, 0.2) is 5.82 Å². The molecule has 20 heavy (non-hydrogen) atoms. The van der Waals surface area contributed by atoms with Crippen LogP contribution < -0.4 is 16.6 Å². The van der Waals surface area contributed by atoms with Crippen molar-refractivity contribution in [1.29, 1.82) is 0 Å². The molecule has 1 amide bonds. The summed E-state index contributed by atoms with van der Waals surface area (Å²) in [5, 5.41) is 3.38. The fourth-order valence-corrected chi connectivity index (χ4v) is 2.17. The van der Waals surface area contributed by atoms with Gasteiger partial charge >= 0.3 is 0 Å². The second-order valence-electron chi connectivity index (χ2n) is 4.06. The van der Waals surface area contributed by atoms with Crippen LogP contribution in [0.15, 0.2) is 34.9 Å². The van der Waals surface area contributed by atoms with Gasteiger partial charge in [-0.1, -0.05) is 17.7 Å². The van der Waals surface area contributed by atoms with E-state index in [2.05, 4.69) is 31.7 Å². The number of carbonyl (C=O) groups is 1. The van der Waals surface area contributed by atoms with Gasteiger partial charge in [0.1, 0.15) is 0 Å². The van der Waals surface area contributed by atoms with E-state index in [4.69, 9.17) is 17.4 Å². The number of rotatable bonds is 3. The highest BCUT2D eigenvalue weighted by molar-refractivity contribution is 9.10. The summed E-state index contributed by atoms with van der Waals surface area (Å²) in [5.41, 5.74) is 4.17. The predicted molar refractivity (Wildman–Crippen MR) is 83.9 cm³/mol. The van der Waals surface area contributed by atoms with Gasteiger partial charge < -0.3 is 10.7 Å². The highest BCUT2D eigenvalue weighted by Crippen LogP contribution is 2.24. The van der Waals surface area contributed by atoms with Gasteiger partial charge in [-0.25, -0.2) is 10.8 Å². The molecule has 0 fully saturated rings. The molecule has 2 aromatic rings. The molecule has 104 valence electrons. The lowest BCUT2D eigenvalue weighted by Crippen LogP contribution is -2.18. The van der Waals surface area contributed by atoms with Crippen LogP contribution >= 0.6 is 27.5 Å². The van der Waals surface area contributed by atoms with Gasteiger partial charge in [0.2, 0.25) is 0 Å². The number of carbonyl (C=O) groups excluding carboxylic acids is 1. The van der Waals surface area contributed by atoms with E-state index in [1.54, 1.807) is 30.5 Å². The third kappa shape index (κ3) is 3.09. The summed E-state index contributed by atoms with van der Waals surface area (Å²) >= 11 is 9.30. The minimum Gasteiger partial charge on any atom is -0.322 e. The van der Waals surface area contributed by atoms with E-state index in [-0.39, 0.29) is 5.91 Å². The number of aromatic nitrogens is 1. The summed E-state index contributed by atoms with van der Waals surface area (Å²) in [6, 6.07) is 6.95. The van der Waals surface area contributed by atoms with Crippen molar-refractivity contribution in [2.24, 2.45) is 5.84 Å². The lowest BCUT2D eigenvalue weighted by atomic mass is 10.2. The maximum atomic E-state index is 12.3. The molecule has 0 radical (unpaired) electrons. The minimum absolute atomic E-state index is 0.297. The number of benzene rings is 1. The molecule has 1 heterocycles. The molecule has 2 rings (SSSR count). The second-order valence-corrected chi connectivity index (χ2v) is 5.38. The summed E-state index contributed by atoms with van der Waals surface area (Å²) in [4.78, 5) is 16.3. The van der Waals surface area contributed by atoms with Crippen LogP contribution in [0.25, 0.3) is 0 Å². The average Bonchev–Trinajstić information content (AvgIpc) is 2.43. The van der Waals surface area contributed by atoms with Crippen molar-refractivity contribution in [3.05, 3.63) is 51.1 Å². The lowest BCUT2D eigenvalue weighted by molar-refractivity contribution is 0.102. The van der Waals surface area contributed by atoms with Crippen molar-refractivity contribution in [1.82, 2.24) is 4.98 Å². The zero-order valence-electron chi connectivity index (χ0n) is 10.6. The molecule has 1 aromatic heterocycles. The Kier molecular flexibility index (Phi) is 4.59. The summed E-state index contributed by atoms with van der Waals surface area (Å²) in [7, 11) is 0. The van der Waals surface area contributed by atoms with Crippen molar-refractivity contribution in [3.8, 4) is 0 Å². The quantitative estimate of drug-likeness (QED) is 0.583. The van der Waals surface area contributed by atoms with Gasteiger partial charge in [-0.05, 0) is 46.6 Å². The first kappa shape index (κ1) is 14.8. The Hall–Kier alpha value is -1.63. The number of nitrogens with one attached hydrogen (secondary N) is 2. The van der Waals surface area contributed by atoms with Crippen LogP contribution in [-0.4, -0.2) is 10.9 Å². The molecule has 1 aromatic carbocycles. The zero-order chi connectivity index (χ0) is 14.7. The first-order valence-corrected chi connectivity index (χ1v) is 6.88. The Bertz CT molecular complexity index is 663. The average molecular weight is 356 g/mol. The number of pyridine rings is 1. The summed E-state index contributed by atoms with van der Waals surface area (Å²) < 4.78 is 0.685. The molecule has 0 unspecified atom stereocenters. The number of amides is 1. The van der Waals surface area contributed by atoms with Crippen molar-refractivity contribution in [2.45, 2.75) is 6.92 Å². The van der Waals surface area contributed by atoms with Gasteiger partial charge in [0.05, 0.1) is 5.56 Å². The highest BCUT2D eigenvalue weighted by atomic mass is 79.9. The number of anilines is 2. The maximum absolute atomic E-state index is 12.3. The summed E-state index contributed by atoms with van der Waals surface area (Å²) in [5.74, 6) is 5.33. The summed E-state index contributed by atoms with van der Waals surface area (Å²) in [6.45, 7) is 1.83. The normalized spacial score (nSPS) is 10.2. The molecule has 0 bridgehead atoms. The Morgan fingerprint density at radius 1 is 1.45 bits per heavy atom. The number of hydrazine groups is 1. The van der Waals surface area contributed by atoms with Crippen LogP contribution in [0.3, 0.4) is 0 Å². The molecule has 4 N–H and O–H groups in total. The molecule has 0 saturated heterocycles. The fraction of sp³-hybridized carbons (Fsp3) is 0.0769. The molecule has 0 aliphatic rings. The first-order chi connectivity index (χ1) is 9.52. The number of nitrogens with two attached hydrogens (primary N) is 1. The Labute approximate surface area is 129 Å². The van der Waals surface area contributed by atoms with Crippen LogP contribution in [0, 0.1) is 6.92 Å². The van der Waals surface area contributed by atoms with E-state index < -0.39 is 0 Å². The predicted octanol–water partition coefficient (Wildman–Crippen LogP) is 3.34. The minimum atomic E-state index is -0.322. The number of nitrogen functional groups attached to an aromatic ring is 1. The Balaban J connectivity index is 2.33. The van der Waals surface area contributed by atoms with Crippen LogP contribution in [0.2, 0.25) is 5.02 Å². The summed E-state index contributed by atoms with van der Waals surface area (Å²) in [6.07, 6.45) is 1.55. The molecule has 0 spiro atoms. The maximum Gasteiger partial charge on any atom is 0.259 e. The standard InChI is InChI=1S/C13H12BrClN4O/c1-7-10(15)3-2-4-11(7)18-13(20)9-5-8(14)6-17-12(9)19-16/h2-6H,16H2,1H3,(H,17,19)(H,18,20). The van der Waals surface area contributed by atoms with E-state index in [0.717, 1.165) is 5.56 Å². The number of nitrogens with zero attached hydrogens (tertiary/aromatic N) is 1. The largest absolute Gasteiger partial charge is 0.322 e. The molecule has 0 aliphatic heterocycles. The van der Waals surface area contributed by atoms with E-state index in [9.17, 15) is 4.79 Å². The fourth-order valence-electron chi connectivity index (χ4n) is 1.66. The van der Waals surface area contributed by atoms with E-state index >= 15 is 0 Å². The first-order valence-electron chi connectivity index (χ1n) is 5.71. The van der Waals surface area contributed by atoms with Crippen LogP contribution in [0.4, 0.5) is 11.5 Å². The van der Waals surface area contributed by atoms with Gasteiger partial charge in [-0.3, -0.25) is 4.79 Å². The highest BCUT2D eigenvalue weighted by Gasteiger charge is 2.14. The SMILES string of the molecule is Cc1c(Cl)cccc1NC(=O)c1cc(Br)cnc1NN. The number of hydrogen-bond donors (Lipinski definition) is 3. The van der Waals surface area contributed by atoms with Gasteiger partial charge in [-0.2, -0.15) is 0 Å². The van der Waals surface area contributed by atoms with Gasteiger partial charge in [0.25, 0.3) is 5.91 Å². The van der Waals surface area contributed by atoms with Crippen LogP contribution in [0.5, 0.6) is 0 Å². The topological polar surface area (TPSA) is 80.0 Å². The van der Waals surface area contributed by atoms with Gasteiger partial charge in [-0.15, -0.1) is 0 Å².